The molecule has 0 saturated heterocycles. The van der Waals surface area contributed by atoms with Crippen LogP contribution < -0.4 is 5.32 Å². The molecule has 0 unspecified atom stereocenters. The van der Waals surface area contributed by atoms with Crippen LogP contribution in [0.25, 0.3) is 11.0 Å². The van der Waals surface area contributed by atoms with Gasteiger partial charge in [0.2, 0.25) is 0 Å². The number of rotatable bonds is 0. The Kier molecular flexibility index (Phi) is 1.07. The van der Waals surface area contributed by atoms with Gasteiger partial charge in [0.05, 0.1) is 6.20 Å². The van der Waals surface area contributed by atoms with Gasteiger partial charge >= 0.3 is 0 Å². The van der Waals surface area contributed by atoms with Gasteiger partial charge in [0, 0.05) is 18.5 Å². The molecule has 0 amide bonds. The lowest BCUT2D eigenvalue weighted by molar-refractivity contribution is 0.456. The third kappa shape index (κ3) is 0.713. The van der Waals surface area contributed by atoms with E-state index in [2.05, 4.69) is 22.6 Å². The topological polar surface area (TPSA) is 38.1 Å². The van der Waals surface area contributed by atoms with E-state index >= 15 is 0 Å². The van der Waals surface area contributed by atoms with Crippen LogP contribution in [0.1, 0.15) is 11.1 Å². The third-order valence-electron chi connectivity index (χ3n) is 2.31. The lowest BCUT2D eigenvalue weighted by Crippen LogP contribution is -1.99. The third-order valence-corrected chi connectivity index (χ3v) is 2.31. The van der Waals surface area contributed by atoms with E-state index < -0.39 is 0 Å². The number of benzene rings is 1. The molecule has 0 aliphatic carbocycles. The second-order valence-corrected chi connectivity index (χ2v) is 3.09. The molecule has 60 valence electrons. The molecule has 0 saturated carbocycles. The molecule has 0 radical (unpaired) electrons. The van der Waals surface area contributed by atoms with Crippen LogP contribution in [-0.2, 0) is 13.1 Å². The number of nitrogens with one attached hydrogen (secondary N) is 1. The summed E-state index contributed by atoms with van der Waals surface area (Å²) in [5, 5.41) is 8.13. The van der Waals surface area contributed by atoms with Gasteiger partial charge < -0.3 is 9.84 Å². The molecule has 0 fully saturated rings. The first-order valence-corrected chi connectivity index (χ1v) is 4.00. The van der Waals surface area contributed by atoms with Crippen LogP contribution in [0, 0.1) is 0 Å². The highest BCUT2D eigenvalue weighted by Gasteiger charge is 2.11. The molecule has 2 heterocycles. The Labute approximate surface area is 69.4 Å². The molecule has 3 rings (SSSR count). The van der Waals surface area contributed by atoms with Gasteiger partial charge in [-0.05, 0) is 23.3 Å². The molecule has 1 aliphatic heterocycles. The molecule has 1 aromatic heterocycles. The minimum atomic E-state index is 0.887. The molecular formula is C9H8N2O. The van der Waals surface area contributed by atoms with Gasteiger partial charge in [0.1, 0.15) is 0 Å². The summed E-state index contributed by atoms with van der Waals surface area (Å²) in [6.45, 7) is 1.92. The maximum absolute atomic E-state index is 5.07. The highest BCUT2D eigenvalue weighted by molar-refractivity contribution is 5.78. The minimum absolute atomic E-state index is 0.887. The maximum atomic E-state index is 5.07. The molecule has 1 aliphatic rings. The van der Waals surface area contributed by atoms with Gasteiger partial charge in [-0.1, -0.05) is 5.16 Å². The van der Waals surface area contributed by atoms with E-state index in [1.54, 1.807) is 6.20 Å². The minimum Gasteiger partial charge on any atom is -0.356 e. The average Bonchev–Trinajstić information content (AvgIpc) is 2.64. The van der Waals surface area contributed by atoms with E-state index in [1.165, 1.54) is 11.1 Å². The molecule has 12 heavy (non-hydrogen) atoms. The Balaban J connectivity index is 2.38. The van der Waals surface area contributed by atoms with Crippen LogP contribution in [0.3, 0.4) is 0 Å². The van der Waals surface area contributed by atoms with Crippen molar-refractivity contribution in [3.8, 4) is 0 Å². The van der Waals surface area contributed by atoms with E-state index in [0.717, 1.165) is 24.1 Å². The Hall–Kier alpha value is -1.35. The van der Waals surface area contributed by atoms with Crippen molar-refractivity contribution in [1.29, 1.82) is 0 Å². The first-order chi connectivity index (χ1) is 5.93. The molecule has 0 bridgehead atoms. The van der Waals surface area contributed by atoms with Crippen molar-refractivity contribution in [3.63, 3.8) is 0 Å². The van der Waals surface area contributed by atoms with Crippen LogP contribution in [0.2, 0.25) is 0 Å². The molecule has 3 nitrogen and oxygen atoms in total. The lowest BCUT2D eigenvalue weighted by atomic mass is 10.1. The first-order valence-electron chi connectivity index (χ1n) is 4.00. The number of aromatic nitrogens is 1. The summed E-state index contributed by atoms with van der Waals surface area (Å²) in [6, 6.07) is 4.21. The van der Waals surface area contributed by atoms with E-state index in [0.29, 0.717) is 0 Å². The zero-order valence-electron chi connectivity index (χ0n) is 6.50. The number of hydrogen-bond acceptors (Lipinski definition) is 3. The second kappa shape index (κ2) is 2.08. The molecule has 3 heteroatoms. The van der Waals surface area contributed by atoms with Gasteiger partial charge in [-0.25, -0.2) is 0 Å². The van der Waals surface area contributed by atoms with E-state index in [9.17, 15) is 0 Å². The van der Waals surface area contributed by atoms with E-state index in [-0.39, 0.29) is 0 Å². The molecular weight excluding hydrogens is 152 g/mol. The Morgan fingerprint density at radius 3 is 3.00 bits per heavy atom. The van der Waals surface area contributed by atoms with Gasteiger partial charge in [-0.2, -0.15) is 0 Å². The van der Waals surface area contributed by atoms with Gasteiger partial charge in [0.25, 0.3) is 0 Å². The van der Waals surface area contributed by atoms with Gasteiger partial charge in [-0.15, -0.1) is 0 Å². The quantitative estimate of drug-likeness (QED) is 0.633. The molecule has 0 spiro atoms. The standard InChI is InChI=1S/C9H8N2O/c1-6-3-10-4-7(6)2-9-8(1)5-11-12-9/h1-2,5,10H,3-4H2. The fourth-order valence-corrected chi connectivity index (χ4v) is 1.67. The molecule has 1 N–H and O–H groups in total. The molecule has 0 atom stereocenters. The van der Waals surface area contributed by atoms with Crippen molar-refractivity contribution in [2.75, 3.05) is 0 Å². The normalized spacial score (nSPS) is 15.3. The van der Waals surface area contributed by atoms with Crippen molar-refractivity contribution < 1.29 is 4.52 Å². The fourth-order valence-electron chi connectivity index (χ4n) is 1.67. The summed E-state index contributed by atoms with van der Waals surface area (Å²) in [7, 11) is 0. The maximum Gasteiger partial charge on any atom is 0.167 e. The SMILES string of the molecule is c1noc2cc3c(cc12)CNC3. The van der Waals surface area contributed by atoms with Crippen molar-refractivity contribution >= 4 is 11.0 Å². The Morgan fingerprint density at radius 2 is 2.08 bits per heavy atom. The predicted octanol–water partition coefficient (Wildman–Crippen LogP) is 1.43. The highest BCUT2D eigenvalue weighted by atomic mass is 16.5. The van der Waals surface area contributed by atoms with Crippen LogP contribution in [0.4, 0.5) is 0 Å². The van der Waals surface area contributed by atoms with E-state index in [4.69, 9.17) is 4.52 Å². The predicted molar refractivity (Wildman–Crippen MR) is 44.6 cm³/mol. The Bertz CT molecular complexity index is 395. The largest absolute Gasteiger partial charge is 0.356 e. The molecule has 2 aromatic rings. The summed E-state index contributed by atoms with van der Waals surface area (Å²) in [4.78, 5) is 0. The summed E-state index contributed by atoms with van der Waals surface area (Å²) >= 11 is 0. The zero-order chi connectivity index (χ0) is 7.97. The van der Waals surface area contributed by atoms with Crippen molar-refractivity contribution in [1.82, 2.24) is 10.5 Å². The van der Waals surface area contributed by atoms with Gasteiger partial charge in [-0.3, -0.25) is 0 Å². The Morgan fingerprint density at radius 1 is 1.25 bits per heavy atom. The summed E-state index contributed by atoms with van der Waals surface area (Å²) < 4.78 is 5.07. The number of fused-ring (bicyclic) bond motifs is 2. The fraction of sp³-hybridized carbons (Fsp3) is 0.222. The average molecular weight is 160 g/mol. The number of hydrogen-bond donors (Lipinski definition) is 1. The molecule has 1 aromatic carbocycles. The van der Waals surface area contributed by atoms with Crippen molar-refractivity contribution in [2.24, 2.45) is 0 Å². The smallest absolute Gasteiger partial charge is 0.167 e. The second-order valence-electron chi connectivity index (χ2n) is 3.09. The summed E-state index contributed by atoms with van der Waals surface area (Å²) in [5.74, 6) is 0. The monoisotopic (exact) mass is 160 g/mol. The van der Waals surface area contributed by atoms with Gasteiger partial charge in [0.15, 0.2) is 5.58 Å². The zero-order valence-corrected chi connectivity index (χ0v) is 6.50. The van der Waals surface area contributed by atoms with E-state index in [1.807, 2.05) is 0 Å². The summed E-state index contributed by atoms with van der Waals surface area (Å²) in [6.07, 6.45) is 1.76. The first kappa shape index (κ1) is 6.20. The lowest BCUT2D eigenvalue weighted by Gasteiger charge is -1.94. The van der Waals surface area contributed by atoms with Crippen molar-refractivity contribution in [2.45, 2.75) is 13.1 Å². The van der Waals surface area contributed by atoms with Crippen LogP contribution >= 0.6 is 0 Å². The van der Waals surface area contributed by atoms with Crippen LogP contribution in [0.5, 0.6) is 0 Å². The van der Waals surface area contributed by atoms with Crippen LogP contribution in [0.15, 0.2) is 22.9 Å². The summed E-state index contributed by atoms with van der Waals surface area (Å²) in [5.41, 5.74) is 3.59. The van der Waals surface area contributed by atoms with Crippen molar-refractivity contribution in [3.05, 3.63) is 29.5 Å². The van der Waals surface area contributed by atoms with Crippen LogP contribution in [-0.4, -0.2) is 5.16 Å². The number of nitrogens with zero attached hydrogens (tertiary/aromatic N) is 1. The highest BCUT2D eigenvalue weighted by Crippen LogP contribution is 2.22.